The summed E-state index contributed by atoms with van der Waals surface area (Å²) in [6, 6.07) is 14.1. The van der Waals surface area contributed by atoms with E-state index in [2.05, 4.69) is 26.4 Å². The average molecular weight is 559 g/mol. The summed E-state index contributed by atoms with van der Waals surface area (Å²) in [7, 11) is 3.35. The van der Waals surface area contributed by atoms with E-state index < -0.39 is 17.6 Å². The van der Waals surface area contributed by atoms with Crippen LogP contribution in [0.4, 0.5) is 5.69 Å². The maximum atomic E-state index is 11.9. The second-order valence-electron chi connectivity index (χ2n) is 9.86. The first-order valence-corrected chi connectivity index (χ1v) is 13.5. The van der Waals surface area contributed by atoms with E-state index >= 15 is 0 Å². The summed E-state index contributed by atoms with van der Waals surface area (Å²) >= 11 is 0. The van der Waals surface area contributed by atoms with Gasteiger partial charge in [0, 0.05) is 45.3 Å². The van der Waals surface area contributed by atoms with Crippen LogP contribution in [0.2, 0.25) is 0 Å². The zero-order chi connectivity index (χ0) is 28.3. The fourth-order valence-electron chi connectivity index (χ4n) is 5.14. The van der Waals surface area contributed by atoms with E-state index in [4.69, 9.17) is 18.9 Å². The van der Waals surface area contributed by atoms with Crippen molar-refractivity contribution in [2.24, 2.45) is 0 Å². The predicted molar refractivity (Wildman–Crippen MR) is 147 cm³/mol. The first-order chi connectivity index (χ1) is 19.5. The fourth-order valence-corrected chi connectivity index (χ4v) is 5.14. The molecule has 1 fully saturated rings. The van der Waals surface area contributed by atoms with E-state index in [1.165, 1.54) is 0 Å². The zero-order valence-corrected chi connectivity index (χ0v) is 23.0. The summed E-state index contributed by atoms with van der Waals surface area (Å²) in [4.78, 5) is 28.7. The van der Waals surface area contributed by atoms with Gasteiger partial charge >= 0.3 is 0 Å². The number of hydrogen-bond acceptors (Lipinski definition) is 10. The Morgan fingerprint density at radius 3 is 2.80 bits per heavy atom. The lowest BCUT2D eigenvalue weighted by Crippen LogP contribution is -2.51. The molecule has 0 aromatic heterocycles. The molecule has 2 aromatic rings. The highest BCUT2D eigenvalue weighted by molar-refractivity contribution is 5.77. The second-order valence-corrected chi connectivity index (χ2v) is 9.86. The molecule has 4 rings (SSSR count). The molecular formula is C28H38N4O8. The normalized spacial score (nSPS) is 20.2. The molecular weight excluding hydrogens is 520 g/mol. The lowest BCUT2D eigenvalue weighted by molar-refractivity contribution is -0.754. The first-order valence-electron chi connectivity index (χ1n) is 13.5. The third-order valence-corrected chi connectivity index (χ3v) is 7.21. The Kier molecular flexibility index (Phi) is 10.8. The summed E-state index contributed by atoms with van der Waals surface area (Å²) in [6.07, 6.45) is 1.54. The molecule has 0 aliphatic carbocycles. The second kappa shape index (κ2) is 14.7. The average Bonchev–Trinajstić information content (AvgIpc) is 2.98. The minimum atomic E-state index is -0.978. The van der Waals surface area contributed by atoms with Crippen molar-refractivity contribution in [2.75, 3.05) is 65.1 Å². The Bertz CT molecular complexity index is 1120. The van der Waals surface area contributed by atoms with Gasteiger partial charge in [0.25, 0.3) is 5.09 Å². The maximum absolute atomic E-state index is 11.9. The van der Waals surface area contributed by atoms with Crippen molar-refractivity contribution in [1.29, 1.82) is 0 Å². The molecule has 2 aliphatic heterocycles. The minimum absolute atomic E-state index is 0.0342. The van der Waals surface area contributed by atoms with Gasteiger partial charge < -0.3 is 39.3 Å². The molecule has 3 atom stereocenters. The van der Waals surface area contributed by atoms with Gasteiger partial charge in [-0.05, 0) is 48.2 Å². The molecule has 0 saturated carbocycles. The number of amides is 1. The van der Waals surface area contributed by atoms with Crippen LogP contribution in [-0.2, 0) is 25.7 Å². The van der Waals surface area contributed by atoms with Crippen molar-refractivity contribution in [3.8, 4) is 11.5 Å². The molecule has 2 heterocycles. The Labute approximate surface area is 234 Å². The highest BCUT2D eigenvalue weighted by Crippen LogP contribution is 2.35. The lowest BCUT2D eigenvalue weighted by Gasteiger charge is -2.37. The number of carbonyl (C=O) groups is 1. The standard InChI is InChI=1S/C28H38N4O8/c1-36-12-3-10-31-11-13-38-26-9-4-20(14-25(26)31)18-39-27-17-29-22(16-30-28(33)19-40-32(34)35)15-24(27)21-5-7-23(37-2)8-6-21/h4-9,14,22,24,27,29H,3,10-13,15-19H2,1-2H3,(H,30,33)/t22-,24-,27+/m1/s1. The van der Waals surface area contributed by atoms with Crippen LogP contribution in [-0.4, -0.2) is 83.4 Å². The van der Waals surface area contributed by atoms with Crippen LogP contribution in [0.3, 0.4) is 0 Å². The maximum Gasteiger partial charge on any atom is 0.295 e. The highest BCUT2D eigenvalue weighted by atomic mass is 16.9. The highest BCUT2D eigenvalue weighted by Gasteiger charge is 2.32. The number of rotatable bonds is 14. The molecule has 0 bridgehead atoms. The minimum Gasteiger partial charge on any atom is -0.497 e. The molecule has 2 aliphatic rings. The quantitative estimate of drug-likeness (QED) is 0.202. The van der Waals surface area contributed by atoms with Crippen LogP contribution in [0.5, 0.6) is 11.5 Å². The molecule has 0 radical (unpaired) electrons. The van der Waals surface area contributed by atoms with Crippen LogP contribution in [0.25, 0.3) is 0 Å². The van der Waals surface area contributed by atoms with Crippen LogP contribution in [0.15, 0.2) is 42.5 Å². The summed E-state index contributed by atoms with van der Waals surface area (Å²) in [5.74, 6) is 1.19. The molecule has 12 heteroatoms. The van der Waals surface area contributed by atoms with E-state index in [-0.39, 0.29) is 18.1 Å². The molecule has 12 nitrogen and oxygen atoms in total. The number of anilines is 1. The van der Waals surface area contributed by atoms with E-state index in [0.29, 0.717) is 39.3 Å². The monoisotopic (exact) mass is 558 g/mol. The zero-order valence-electron chi connectivity index (χ0n) is 23.0. The summed E-state index contributed by atoms with van der Waals surface area (Å²) < 4.78 is 22.9. The largest absolute Gasteiger partial charge is 0.497 e. The molecule has 1 saturated heterocycles. The third kappa shape index (κ3) is 8.20. The molecule has 2 N–H and O–H groups in total. The number of ether oxygens (including phenoxy) is 4. The van der Waals surface area contributed by atoms with E-state index in [1.54, 1.807) is 14.2 Å². The summed E-state index contributed by atoms with van der Waals surface area (Å²) in [5.41, 5.74) is 3.26. The fraction of sp³-hybridized carbons (Fsp3) is 0.536. The van der Waals surface area contributed by atoms with E-state index in [0.717, 1.165) is 47.8 Å². The molecule has 2 aromatic carbocycles. The molecule has 40 heavy (non-hydrogen) atoms. The Hall–Kier alpha value is -3.61. The smallest absolute Gasteiger partial charge is 0.295 e. The number of benzene rings is 2. The van der Waals surface area contributed by atoms with Crippen LogP contribution in [0.1, 0.15) is 29.9 Å². The molecule has 1 amide bonds. The predicted octanol–water partition coefficient (Wildman–Crippen LogP) is 2.29. The lowest BCUT2D eigenvalue weighted by atomic mass is 9.84. The van der Waals surface area contributed by atoms with Gasteiger partial charge in [0.05, 0.1) is 32.1 Å². The van der Waals surface area contributed by atoms with Crippen molar-refractivity contribution in [3.05, 3.63) is 63.7 Å². The first kappa shape index (κ1) is 29.4. The van der Waals surface area contributed by atoms with E-state index in [9.17, 15) is 14.9 Å². The number of piperidine rings is 1. The third-order valence-electron chi connectivity index (χ3n) is 7.21. The SMILES string of the molecule is COCCCN1CCOc2ccc(CO[C@H]3CN[C@@H](CNC(=O)CO[N+](=O)[O-])C[C@@H]3c3ccc(OC)cc3)cc21. The van der Waals surface area contributed by atoms with Gasteiger partial charge in [-0.25, -0.2) is 0 Å². The van der Waals surface area contributed by atoms with E-state index in [1.807, 2.05) is 36.4 Å². The molecule has 218 valence electrons. The summed E-state index contributed by atoms with van der Waals surface area (Å²) in [5, 5.41) is 15.5. The number of carbonyl (C=O) groups excluding carboxylic acids is 1. The van der Waals surface area contributed by atoms with Crippen LogP contribution in [0, 0.1) is 10.1 Å². The topological polar surface area (TPSA) is 134 Å². The van der Waals surface area contributed by atoms with Crippen molar-refractivity contribution in [3.63, 3.8) is 0 Å². The van der Waals surface area contributed by atoms with Gasteiger partial charge in [-0.3, -0.25) is 4.79 Å². The van der Waals surface area contributed by atoms with Gasteiger partial charge in [-0.15, -0.1) is 10.1 Å². The van der Waals surface area contributed by atoms with Gasteiger partial charge in [0.2, 0.25) is 5.91 Å². The number of fused-ring (bicyclic) bond motifs is 1. The van der Waals surface area contributed by atoms with Gasteiger partial charge in [0.1, 0.15) is 18.1 Å². The van der Waals surface area contributed by atoms with Gasteiger partial charge in [-0.1, -0.05) is 18.2 Å². The number of hydrogen-bond donors (Lipinski definition) is 2. The Morgan fingerprint density at radius 2 is 2.05 bits per heavy atom. The van der Waals surface area contributed by atoms with Gasteiger partial charge in [0.15, 0.2) is 6.61 Å². The number of nitrogens with zero attached hydrogens (tertiary/aromatic N) is 2. The summed E-state index contributed by atoms with van der Waals surface area (Å²) in [6.45, 7) is 3.84. The van der Waals surface area contributed by atoms with Crippen molar-refractivity contribution in [2.45, 2.75) is 37.5 Å². The Morgan fingerprint density at radius 1 is 1.23 bits per heavy atom. The van der Waals surface area contributed by atoms with Crippen LogP contribution >= 0.6 is 0 Å². The molecule has 0 unspecified atom stereocenters. The van der Waals surface area contributed by atoms with Crippen molar-refractivity contribution >= 4 is 11.6 Å². The van der Waals surface area contributed by atoms with Crippen molar-refractivity contribution < 1.29 is 33.7 Å². The molecule has 0 spiro atoms. The van der Waals surface area contributed by atoms with Crippen LogP contribution < -0.4 is 25.0 Å². The number of methoxy groups -OCH3 is 2. The number of nitrogens with one attached hydrogen (secondary N) is 2. The van der Waals surface area contributed by atoms with Crippen molar-refractivity contribution in [1.82, 2.24) is 10.6 Å². The van der Waals surface area contributed by atoms with Gasteiger partial charge in [-0.2, -0.15) is 0 Å². The Balaban J connectivity index is 1.41.